The third-order valence-corrected chi connectivity index (χ3v) is 5.95. The second-order valence-corrected chi connectivity index (χ2v) is 8.15. The fourth-order valence-electron chi connectivity index (χ4n) is 3.09. The molecule has 0 unspecified atom stereocenters. The van der Waals surface area contributed by atoms with Crippen molar-refractivity contribution in [2.24, 2.45) is 0 Å². The molecule has 0 saturated carbocycles. The Kier molecular flexibility index (Phi) is 5.34. The zero-order chi connectivity index (χ0) is 19.6. The van der Waals surface area contributed by atoms with Crippen molar-refractivity contribution in [3.05, 3.63) is 59.3 Å². The molecule has 0 aliphatic carbocycles. The van der Waals surface area contributed by atoms with Crippen molar-refractivity contribution in [3.8, 4) is 5.75 Å². The number of sulfonamides is 1. The van der Waals surface area contributed by atoms with Crippen LogP contribution in [0.25, 0.3) is 10.9 Å². The molecule has 1 heterocycles. The van der Waals surface area contributed by atoms with Crippen LogP contribution in [0.15, 0.2) is 47.4 Å². The first-order valence-corrected chi connectivity index (χ1v) is 10.1. The van der Waals surface area contributed by atoms with E-state index in [-0.39, 0.29) is 17.2 Å². The van der Waals surface area contributed by atoms with Crippen molar-refractivity contribution >= 4 is 26.7 Å². The van der Waals surface area contributed by atoms with Gasteiger partial charge in [-0.3, -0.25) is 4.79 Å². The maximum atomic E-state index is 12.4. The van der Waals surface area contributed by atoms with Crippen LogP contribution in [0.5, 0.6) is 5.75 Å². The van der Waals surface area contributed by atoms with E-state index in [9.17, 15) is 13.2 Å². The fraction of sp³-hybridized carbons (Fsp3) is 0.250. The molecule has 0 aliphatic rings. The molecule has 0 radical (unpaired) electrons. The van der Waals surface area contributed by atoms with Gasteiger partial charge in [-0.2, -0.15) is 0 Å². The molecule has 6 nitrogen and oxygen atoms in total. The van der Waals surface area contributed by atoms with Gasteiger partial charge < -0.3 is 9.72 Å². The number of para-hydroxylation sites is 1. The summed E-state index contributed by atoms with van der Waals surface area (Å²) in [6.07, 6.45) is 0.382. The van der Waals surface area contributed by atoms with E-state index in [1.807, 2.05) is 25.1 Å². The van der Waals surface area contributed by atoms with Crippen molar-refractivity contribution in [1.29, 1.82) is 0 Å². The van der Waals surface area contributed by atoms with Gasteiger partial charge in [0.2, 0.25) is 10.0 Å². The number of aryl methyl sites for hydroxylation is 1. The highest BCUT2D eigenvalue weighted by atomic mass is 32.2. The van der Waals surface area contributed by atoms with Crippen LogP contribution < -0.4 is 9.46 Å². The summed E-state index contributed by atoms with van der Waals surface area (Å²) in [4.78, 5) is 15.4. The predicted octanol–water partition coefficient (Wildman–Crippen LogP) is 3.21. The number of Topliss-reactive ketones (excluding diaryl/α,β-unsaturated/α-hetero) is 1. The maximum absolute atomic E-state index is 12.4. The lowest BCUT2D eigenvalue weighted by atomic mass is 10.1. The second kappa shape index (κ2) is 7.54. The molecule has 142 valence electrons. The van der Waals surface area contributed by atoms with Crippen LogP contribution in [0.3, 0.4) is 0 Å². The number of hydrogen-bond acceptors (Lipinski definition) is 4. The number of carbonyl (C=O) groups is 1. The van der Waals surface area contributed by atoms with Crippen molar-refractivity contribution < 1.29 is 17.9 Å². The van der Waals surface area contributed by atoms with Gasteiger partial charge in [0.25, 0.3) is 0 Å². The number of rotatable bonds is 7. The lowest BCUT2D eigenvalue weighted by molar-refractivity contribution is 0.101. The van der Waals surface area contributed by atoms with E-state index in [0.717, 1.165) is 22.0 Å². The van der Waals surface area contributed by atoms with Gasteiger partial charge in [0, 0.05) is 18.9 Å². The molecule has 0 bridgehead atoms. The maximum Gasteiger partial charge on any atom is 0.240 e. The van der Waals surface area contributed by atoms with Gasteiger partial charge in [-0.15, -0.1) is 0 Å². The first-order chi connectivity index (χ1) is 12.8. The highest BCUT2D eigenvalue weighted by Gasteiger charge is 2.18. The van der Waals surface area contributed by atoms with Crippen LogP contribution in [-0.2, 0) is 16.4 Å². The summed E-state index contributed by atoms with van der Waals surface area (Å²) in [5.41, 5.74) is 2.99. The number of benzene rings is 2. The van der Waals surface area contributed by atoms with E-state index in [0.29, 0.717) is 17.9 Å². The van der Waals surface area contributed by atoms with Crippen LogP contribution >= 0.6 is 0 Å². The highest BCUT2D eigenvalue weighted by molar-refractivity contribution is 7.89. The highest BCUT2D eigenvalue weighted by Crippen LogP contribution is 2.30. The number of ketones is 1. The number of hydrogen-bond donors (Lipinski definition) is 2. The zero-order valence-corrected chi connectivity index (χ0v) is 16.3. The molecule has 2 N–H and O–H groups in total. The van der Waals surface area contributed by atoms with Gasteiger partial charge in [0.15, 0.2) is 5.78 Å². The number of ether oxygens (including phenoxy) is 1. The van der Waals surface area contributed by atoms with Crippen LogP contribution in [0.1, 0.15) is 28.5 Å². The number of nitrogens with one attached hydrogen (secondary N) is 2. The normalized spacial score (nSPS) is 11.7. The van der Waals surface area contributed by atoms with Gasteiger partial charge >= 0.3 is 0 Å². The summed E-state index contributed by atoms with van der Waals surface area (Å²) >= 11 is 0. The van der Waals surface area contributed by atoms with E-state index < -0.39 is 10.0 Å². The number of aromatic amines is 1. The number of aromatic nitrogens is 1. The molecule has 7 heteroatoms. The Hall–Kier alpha value is -2.64. The van der Waals surface area contributed by atoms with E-state index in [1.54, 1.807) is 31.4 Å². The summed E-state index contributed by atoms with van der Waals surface area (Å²) in [6.45, 7) is 3.57. The van der Waals surface area contributed by atoms with Crippen LogP contribution in [0, 0.1) is 6.92 Å². The average Bonchev–Trinajstić information content (AvgIpc) is 3.01. The SMILES string of the molecule is COc1cccc2c(CCNS(=O)(=O)c3ccc(C)cc3)c(C(C)=O)[nH]c12. The van der Waals surface area contributed by atoms with Gasteiger partial charge in [-0.1, -0.05) is 29.8 Å². The molecule has 2 aromatic carbocycles. The molecule has 0 atom stereocenters. The largest absolute Gasteiger partial charge is 0.495 e. The molecular formula is C20H22N2O4S. The third-order valence-electron chi connectivity index (χ3n) is 4.47. The minimum atomic E-state index is -3.60. The Morgan fingerprint density at radius 2 is 1.85 bits per heavy atom. The van der Waals surface area contributed by atoms with Crippen molar-refractivity contribution in [3.63, 3.8) is 0 Å². The van der Waals surface area contributed by atoms with Crippen LogP contribution in [0.2, 0.25) is 0 Å². The van der Waals surface area contributed by atoms with Gasteiger partial charge in [-0.25, -0.2) is 13.1 Å². The number of methoxy groups -OCH3 is 1. The molecule has 3 aromatic rings. The molecule has 0 amide bonds. The van der Waals surface area contributed by atoms with Crippen LogP contribution in [-0.4, -0.2) is 32.8 Å². The Bertz CT molecular complexity index is 1080. The number of carbonyl (C=O) groups excluding carboxylic acids is 1. The Balaban J connectivity index is 1.85. The van der Waals surface area contributed by atoms with E-state index in [4.69, 9.17) is 4.74 Å². The zero-order valence-electron chi connectivity index (χ0n) is 15.5. The summed E-state index contributed by atoms with van der Waals surface area (Å²) in [5.74, 6) is 0.533. The summed E-state index contributed by atoms with van der Waals surface area (Å²) in [6, 6.07) is 12.2. The second-order valence-electron chi connectivity index (χ2n) is 6.38. The van der Waals surface area contributed by atoms with Crippen molar-refractivity contribution in [1.82, 2.24) is 9.71 Å². The average molecular weight is 386 g/mol. The lowest BCUT2D eigenvalue weighted by Gasteiger charge is -2.08. The van der Waals surface area contributed by atoms with E-state index >= 15 is 0 Å². The molecule has 1 aromatic heterocycles. The quantitative estimate of drug-likeness (QED) is 0.610. The lowest BCUT2D eigenvalue weighted by Crippen LogP contribution is -2.26. The standard InChI is InChI=1S/C20H22N2O4S/c1-13-7-9-15(10-8-13)27(24,25)21-12-11-17-16-5-4-6-18(26-3)20(16)22-19(17)14(2)23/h4-10,21-22H,11-12H2,1-3H3. The predicted molar refractivity (Wildman–Crippen MR) is 105 cm³/mol. The Morgan fingerprint density at radius 1 is 1.15 bits per heavy atom. The summed E-state index contributed by atoms with van der Waals surface area (Å²) in [5, 5.41) is 0.856. The van der Waals surface area contributed by atoms with Crippen LogP contribution in [0.4, 0.5) is 0 Å². The molecule has 0 fully saturated rings. The smallest absolute Gasteiger partial charge is 0.240 e. The monoisotopic (exact) mass is 386 g/mol. The first-order valence-electron chi connectivity index (χ1n) is 8.58. The number of H-pyrrole nitrogens is 1. The van der Waals surface area contributed by atoms with E-state index in [2.05, 4.69) is 9.71 Å². The van der Waals surface area contributed by atoms with E-state index in [1.165, 1.54) is 6.92 Å². The van der Waals surface area contributed by atoms with Gasteiger partial charge in [0.05, 0.1) is 23.2 Å². The Labute approximate surface area is 158 Å². The molecule has 0 aliphatic heterocycles. The summed E-state index contributed by atoms with van der Waals surface area (Å²) in [7, 11) is -2.03. The summed E-state index contributed by atoms with van der Waals surface area (Å²) < 4.78 is 32.9. The minimum Gasteiger partial charge on any atom is -0.495 e. The fourth-order valence-corrected chi connectivity index (χ4v) is 4.12. The van der Waals surface area contributed by atoms with Gasteiger partial charge in [-0.05, 0) is 37.1 Å². The minimum absolute atomic E-state index is 0.107. The molecule has 27 heavy (non-hydrogen) atoms. The molecule has 0 saturated heterocycles. The Morgan fingerprint density at radius 3 is 2.48 bits per heavy atom. The van der Waals surface area contributed by atoms with Crippen molar-refractivity contribution in [2.75, 3.05) is 13.7 Å². The number of fused-ring (bicyclic) bond motifs is 1. The van der Waals surface area contributed by atoms with Crippen molar-refractivity contribution in [2.45, 2.75) is 25.2 Å². The van der Waals surface area contributed by atoms with Gasteiger partial charge in [0.1, 0.15) is 5.75 Å². The molecule has 3 rings (SSSR count). The molecular weight excluding hydrogens is 364 g/mol. The third kappa shape index (κ3) is 3.89. The molecule has 0 spiro atoms. The topological polar surface area (TPSA) is 88.3 Å². The first kappa shape index (κ1) is 19.1.